The fraction of sp³-hybridized carbons (Fsp3) is 0.176. The quantitative estimate of drug-likeness (QED) is 0.754. The highest BCUT2D eigenvalue weighted by Gasteiger charge is 2.25. The molecule has 0 aliphatic carbocycles. The summed E-state index contributed by atoms with van der Waals surface area (Å²) in [6.07, 6.45) is 0.492. The highest BCUT2D eigenvalue weighted by atomic mass is 35.5. The standard InChI is InChI=1S/C17H15ClN2O4/c1-3-12-15(17(21)22)19-20(10-4-6-11(23-2)7-5-10)16(12)13-8-9-14(18)24-13/h4-9H,3H2,1-2H3,(H,21,22). The number of halogens is 1. The van der Waals surface area contributed by atoms with E-state index >= 15 is 0 Å². The van der Waals surface area contributed by atoms with E-state index in [4.69, 9.17) is 20.8 Å². The van der Waals surface area contributed by atoms with Crippen LogP contribution in [0.15, 0.2) is 40.8 Å². The van der Waals surface area contributed by atoms with Gasteiger partial charge in [-0.1, -0.05) is 6.92 Å². The molecular formula is C17H15ClN2O4. The van der Waals surface area contributed by atoms with E-state index in [2.05, 4.69) is 5.10 Å². The largest absolute Gasteiger partial charge is 0.497 e. The fourth-order valence-electron chi connectivity index (χ4n) is 2.56. The van der Waals surface area contributed by atoms with Gasteiger partial charge in [0.15, 0.2) is 16.7 Å². The van der Waals surface area contributed by atoms with Crippen molar-refractivity contribution in [3.8, 4) is 22.9 Å². The number of ether oxygens (including phenoxy) is 1. The van der Waals surface area contributed by atoms with E-state index in [1.807, 2.05) is 6.92 Å². The number of hydrogen-bond donors (Lipinski definition) is 1. The summed E-state index contributed by atoms with van der Waals surface area (Å²) in [6.45, 7) is 1.87. The first-order valence-corrected chi connectivity index (χ1v) is 7.68. The summed E-state index contributed by atoms with van der Waals surface area (Å²) in [5, 5.41) is 14.0. The molecule has 24 heavy (non-hydrogen) atoms. The second kappa shape index (κ2) is 6.41. The fourth-order valence-corrected chi connectivity index (χ4v) is 2.71. The molecule has 0 amide bonds. The van der Waals surface area contributed by atoms with Gasteiger partial charge in [-0.25, -0.2) is 9.48 Å². The van der Waals surface area contributed by atoms with Gasteiger partial charge in [-0.05, 0) is 54.4 Å². The lowest BCUT2D eigenvalue weighted by molar-refractivity contribution is 0.0689. The van der Waals surface area contributed by atoms with Crippen molar-refractivity contribution in [3.63, 3.8) is 0 Å². The molecule has 1 aromatic carbocycles. The molecule has 6 nitrogen and oxygen atoms in total. The van der Waals surface area contributed by atoms with Crippen LogP contribution in [0.3, 0.4) is 0 Å². The van der Waals surface area contributed by atoms with E-state index < -0.39 is 5.97 Å². The molecule has 0 unspecified atom stereocenters. The zero-order chi connectivity index (χ0) is 17.3. The monoisotopic (exact) mass is 346 g/mol. The predicted molar refractivity (Wildman–Crippen MR) is 89.2 cm³/mol. The van der Waals surface area contributed by atoms with Crippen LogP contribution in [0.2, 0.25) is 5.22 Å². The van der Waals surface area contributed by atoms with Gasteiger partial charge in [0, 0.05) is 5.56 Å². The highest BCUT2D eigenvalue weighted by molar-refractivity contribution is 6.29. The number of aromatic carboxylic acids is 1. The highest BCUT2D eigenvalue weighted by Crippen LogP contribution is 2.32. The zero-order valence-corrected chi connectivity index (χ0v) is 13.9. The van der Waals surface area contributed by atoms with E-state index in [0.717, 1.165) is 0 Å². The van der Waals surface area contributed by atoms with Crippen LogP contribution in [-0.2, 0) is 6.42 Å². The Morgan fingerprint density at radius 2 is 2.00 bits per heavy atom. The number of nitrogens with zero attached hydrogens (tertiary/aromatic N) is 2. The lowest BCUT2D eigenvalue weighted by atomic mass is 10.1. The number of aromatic nitrogens is 2. The zero-order valence-electron chi connectivity index (χ0n) is 13.1. The van der Waals surface area contributed by atoms with E-state index in [1.165, 1.54) is 0 Å². The Kier molecular flexibility index (Phi) is 4.31. The molecule has 0 radical (unpaired) electrons. The van der Waals surface area contributed by atoms with Gasteiger partial charge in [0.1, 0.15) is 11.4 Å². The van der Waals surface area contributed by atoms with Crippen LogP contribution in [0.5, 0.6) is 5.75 Å². The van der Waals surface area contributed by atoms with Crippen molar-refractivity contribution >= 4 is 17.6 Å². The first-order valence-electron chi connectivity index (χ1n) is 7.30. The maximum absolute atomic E-state index is 11.6. The molecule has 0 fully saturated rings. The number of rotatable bonds is 5. The topological polar surface area (TPSA) is 77.5 Å². The molecule has 7 heteroatoms. The lowest BCUT2D eigenvalue weighted by Crippen LogP contribution is -2.02. The summed E-state index contributed by atoms with van der Waals surface area (Å²) in [6, 6.07) is 10.5. The van der Waals surface area contributed by atoms with E-state index in [9.17, 15) is 9.90 Å². The average Bonchev–Trinajstić information content (AvgIpc) is 3.18. The summed E-state index contributed by atoms with van der Waals surface area (Å²) < 4.78 is 12.2. The van der Waals surface area contributed by atoms with Gasteiger partial charge in [0.2, 0.25) is 0 Å². The molecule has 0 saturated carbocycles. The van der Waals surface area contributed by atoms with Crippen LogP contribution >= 0.6 is 11.6 Å². The first kappa shape index (κ1) is 16.1. The smallest absolute Gasteiger partial charge is 0.356 e. The third kappa shape index (κ3) is 2.76. The molecule has 0 aliphatic heterocycles. The van der Waals surface area contributed by atoms with Crippen LogP contribution < -0.4 is 4.74 Å². The molecule has 2 heterocycles. The summed E-state index contributed by atoms with van der Waals surface area (Å²) in [5.74, 6) is 0.0772. The van der Waals surface area contributed by atoms with Crippen molar-refractivity contribution in [2.45, 2.75) is 13.3 Å². The second-order valence-corrected chi connectivity index (χ2v) is 5.42. The van der Waals surface area contributed by atoms with E-state index in [1.54, 1.807) is 48.2 Å². The molecule has 2 aromatic heterocycles. The molecule has 0 atom stereocenters. The molecule has 0 saturated heterocycles. The Morgan fingerprint density at radius 3 is 2.50 bits per heavy atom. The first-order chi connectivity index (χ1) is 11.5. The number of hydrogen-bond acceptors (Lipinski definition) is 4. The Morgan fingerprint density at radius 1 is 1.29 bits per heavy atom. The molecule has 0 bridgehead atoms. The predicted octanol–water partition coefficient (Wildman–Crippen LogP) is 4.05. The molecule has 124 valence electrons. The number of methoxy groups -OCH3 is 1. The Balaban J connectivity index is 2.25. The maximum atomic E-state index is 11.6. The molecule has 0 spiro atoms. The maximum Gasteiger partial charge on any atom is 0.356 e. The minimum absolute atomic E-state index is 0.00385. The van der Waals surface area contributed by atoms with Crippen LogP contribution in [0.25, 0.3) is 17.1 Å². The number of carboxylic acids is 1. The average molecular weight is 347 g/mol. The number of carboxylic acid groups (broad SMARTS) is 1. The van der Waals surface area contributed by atoms with E-state index in [0.29, 0.717) is 34.9 Å². The second-order valence-electron chi connectivity index (χ2n) is 5.05. The van der Waals surface area contributed by atoms with Crippen LogP contribution in [0.1, 0.15) is 23.0 Å². The molecule has 1 N–H and O–H groups in total. The van der Waals surface area contributed by atoms with Crippen molar-refractivity contribution in [2.75, 3.05) is 7.11 Å². The number of benzene rings is 1. The number of carbonyl (C=O) groups is 1. The van der Waals surface area contributed by atoms with Crippen LogP contribution in [0, 0.1) is 0 Å². The Hall–Kier alpha value is -2.73. The van der Waals surface area contributed by atoms with Crippen molar-refractivity contribution in [1.29, 1.82) is 0 Å². The Bertz CT molecular complexity index is 881. The van der Waals surface area contributed by atoms with Gasteiger partial charge >= 0.3 is 5.97 Å². The Labute approximate surface area is 143 Å². The SMILES string of the molecule is CCc1c(C(=O)O)nn(-c2ccc(OC)cc2)c1-c1ccc(Cl)o1. The van der Waals surface area contributed by atoms with Crippen molar-refractivity contribution < 1.29 is 19.1 Å². The summed E-state index contributed by atoms with van der Waals surface area (Å²) in [5.41, 5.74) is 1.85. The van der Waals surface area contributed by atoms with Gasteiger partial charge in [0.05, 0.1) is 12.8 Å². The van der Waals surface area contributed by atoms with Gasteiger partial charge in [-0.2, -0.15) is 5.10 Å². The summed E-state index contributed by atoms with van der Waals surface area (Å²) in [4.78, 5) is 11.6. The molecule has 0 aliphatic rings. The van der Waals surface area contributed by atoms with Crippen molar-refractivity contribution in [3.05, 3.63) is 52.9 Å². The molecular weight excluding hydrogens is 332 g/mol. The summed E-state index contributed by atoms with van der Waals surface area (Å²) >= 11 is 5.88. The van der Waals surface area contributed by atoms with Crippen molar-refractivity contribution in [1.82, 2.24) is 9.78 Å². The summed E-state index contributed by atoms with van der Waals surface area (Å²) in [7, 11) is 1.58. The van der Waals surface area contributed by atoms with E-state index in [-0.39, 0.29) is 10.9 Å². The van der Waals surface area contributed by atoms with Gasteiger partial charge in [0.25, 0.3) is 0 Å². The number of furan rings is 1. The minimum atomic E-state index is -1.09. The van der Waals surface area contributed by atoms with Gasteiger partial charge < -0.3 is 14.3 Å². The molecule has 3 rings (SSSR count). The van der Waals surface area contributed by atoms with Crippen LogP contribution in [-0.4, -0.2) is 28.0 Å². The van der Waals surface area contributed by atoms with Gasteiger partial charge in [-0.3, -0.25) is 0 Å². The minimum Gasteiger partial charge on any atom is -0.497 e. The van der Waals surface area contributed by atoms with Crippen molar-refractivity contribution in [2.24, 2.45) is 0 Å². The van der Waals surface area contributed by atoms with Crippen LogP contribution in [0.4, 0.5) is 0 Å². The normalized spacial score (nSPS) is 10.8. The lowest BCUT2D eigenvalue weighted by Gasteiger charge is -2.08. The molecule has 3 aromatic rings. The third-order valence-electron chi connectivity index (χ3n) is 3.66. The van der Waals surface area contributed by atoms with Gasteiger partial charge in [-0.15, -0.1) is 0 Å². The third-order valence-corrected chi connectivity index (χ3v) is 3.87.